The molecule has 5 heteroatoms. The molecule has 1 aliphatic heterocycles. The molecule has 0 aromatic heterocycles. The number of esters is 1. The van der Waals surface area contributed by atoms with Crippen molar-refractivity contribution in [2.24, 2.45) is 0 Å². The first-order valence-corrected chi connectivity index (χ1v) is 5.13. The lowest BCUT2D eigenvalue weighted by Crippen LogP contribution is -2.28. The van der Waals surface area contributed by atoms with Crippen LogP contribution in [0, 0.1) is 0 Å². The van der Waals surface area contributed by atoms with Gasteiger partial charge in [-0.05, 0) is 5.56 Å². The Bertz CT molecular complexity index is 441. The number of hydrogen-bond acceptors (Lipinski definition) is 4. The molecule has 1 heterocycles. The second kappa shape index (κ2) is 4.18. The number of carbonyl (C=O) groups excluding carboxylic acids is 1. The lowest BCUT2D eigenvalue weighted by atomic mass is 9.96. The Hall–Kier alpha value is -1.88. The maximum Gasteiger partial charge on any atom is 0.339 e. The summed E-state index contributed by atoms with van der Waals surface area (Å²) in [6, 6.07) is 8.96. The molecule has 1 aromatic carbocycles. The second-order valence-electron chi connectivity index (χ2n) is 3.86. The van der Waals surface area contributed by atoms with Gasteiger partial charge in [0.15, 0.2) is 0 Å². The van der Waals surface area contributed by atoms with E-state index in [1.165, 1.54) is 7.11 Å². The first-order chi connectivity index (χ1) is 8.10. The summed E-state index contributed by atoms with van der Waals surface area (Å²) in [6.45, 7) is 0. The molecule has 1 aliphatic rings. The average Bonchev–Trinajstić information content (AvgIpc) is 3.06. The van der Waals surface area contributed by atoms with E-state index in [-0.39, 0.29) is 6.42 Å². The summed E-state index contributed by atoms with van der Waals surface area (Å²) in [5.74, 6) is -1.73. The molecule has 2 rings (SSSR count). The number of benzene rings is 1. The van der Waals surface area contributed by atoms with Crippen molar-refractivity contribution >= 4 is 11.9 Å². The van der Waals surface area contributed by atoms with Crippen LogP contribution in [0.25, 0.3) is 0 Å². The molecule has 1 saturated heterocycles. The monoisotopic (exact) mass is 236 g/mol. The molecular formula is C12H12O5. The van der Waals surface area contributed by atoms with E-state index >= 15 is 0 Å². The molecule has 0 saturated carbocycles. The third-order valence-electron chi connectivity index (χ3n) is 2.79. The Morgan fingerprint density at radius 2 is 2.06 bits per heavy atom. The Labute approximate surface area is 98.0 Å². The zero-order chi connectivity index (χ0) is 12.5. The second-order valence-corrected chi connectivity index (χ2v) is 3.86. The van der Waals surface area contributed by atoms with Crippen LogP contribution in [0.15, 0.2) is 30.3 Å². The Kier molecular flexibility index (Phi) is 2.85. The minimum absolute atomic E-state index is 0.279. The topological polar surface area (TPSA) is 76.1 Å². The van der Waals surface area contributed by atoms with Crippen molar-refractivity contribution in [3.8, 4) is 0 Å². The summed E-state index contributed by atoms with van der Waals surface area (Å²) in [5.41, 5.74) is -0.715. The number of rotatable bonds is 4. The minimum Gasteiger partial charge on any atom is -0.479 e. The smallest absolute Gasteiger partial charge is 0.339 e. The highest BCUT2D eigenvalue weighted by Gasteiger charge is 2.65. The molecule has 17 heavy (non-hydrogen) atoms. The van der Waals surface area contributed by atoms with Gasteiger partial charge in [-0.3, -0.25) is 4.79 Å². The zero-order valence-electron chi connectivity index (χ0n) is 9.25. The van der Waals surface area contributed by atoms with Crippen LogP contribution >= 0.6 is 0 Å². The van der Waals surface area contributed by atoms with Crippen molar-refractivity contribution in [3.05, 3.63) is 35.9 Å². The van der Waals surface area contributed by atoms with E-state index in [0.717, 1.165) is 5.56 Å². The first kappa shape index (κ1) is 11.6. The molecule has 0 aliphatic carbocycles. The Morgan fingerprint density at radius 3 is 2.59 bits per heavy atom. The fraction of sp³-hybridized carbons (Fsp3) is 0.333. The summed E-state index contributed by atoms with van der Waals surface area (Å²) in [6.07, 6.45) is -0.862. The van der Waals surface area contributed by atoms with E-state index < -0.39 is 23.6 Å². The summed E-state index contributed by atoms with van der Waals surface area (Å²) in [4.78, 5) is 22.4. The SMILES string of the molecule is COC(=O)CC1(C(=O)O)OC1c1ccccc1. The van der Waals surface area contributed by atoms with Crippen molar-refractivity contribution in [1.82, 2.24) is 0 Å². The summed E-state index contributed by atoms with van der Waals surface area (Å²) in [7, 11) is 1.22. The first-order valence-electron chi connectivity index (χ1n) is 5.13. The standard InChI is InChI=1S/C12H12O5/c1-16-9(13)7-12(11(14)15)10(17-12)8-5-3-2-4-6-8/h2-6,10H,7H2,1H3,(H,14,15). The van der Waals surface area contributed by atoms with E-state index in [1.807, 2.05) is 6.07 Å². The van der Waals surface area contributed by atoms with Crippen LogP contribution in [0.1, 0.15) is 18.1 Å². The van der Waals surface area contributed by atoms with Crippen LogP contribution in [0.4, 0.5) is 0 Å². The summed E-state index contributed by atoms with van der Waals surface area (Å²) < 4.78 is 9.70. The third kappa shape index (κ3) is 2.01. The van der Waals surface area contributed by atoms with Crippen molar-refractivity contribution in [2.75, 3.05) is 7.11 Å². The van der Waals surface area contributed by atoms with Crippen molar-refractivity contribution < 1.29 is 24.2 Å². The molecular weight excluding hydrogens is 224 g/mol. The molecule has 1 fully saturated rings. The number of hydrogen-bond donors (Lipinski definition) is 1. The Morgan fingerprint density at radius 1 is 1.41 bits per heavy atom. The molecule has 0 bridgehead atoms. The molecule has 0 spiro atoms. The van der Waals surface area contributed by atoms with E-state index in [1.54, 1.807) is 24.3 Å². The third-order valence-corrected chi connectivity index (χ3v) is 2.79. The van der Waals surface area contributed by atoms with Crippen LogP contribution in [-0.4, -0.2) is 29.8 Å². The van der Waals surface area contributed by atoms with Crippen LogP contribution < -0.4 is 0 Å². The van der Waals surface area contributed by atoms with Crippen molar-refractivity contribution in [3.63, 3.8) is 0 Å². The van der Waals surface area contributed by atoms with E-state index in [9.17, 15) is 9.59 Å². The maximum atomic E-state index is 11.2. The largest absolute Gasteiger partial charge is 0.479 e. The number of aliphatic carboxylic acids is 1. The van der Waals surface area contributed by atoms with Gasteiger partial charge in [0.1, 0.15) is 6.10 Å². The highest BCUT2D eigenvalue weighted by Crippen LogP contribution is 2.52. The maximum absolute atomic E-state index is 11.2. The lowest BCUT2D eigenvalue weighted by Gasteiger charge is -2.05. The highest BCUT2D eigenvalue weighted by molar-refractivity contribution is 5.88. The van der Waals surface area contributed by atoms with E-state index in [2.05, 4.69) is 4.74 Å². The van der Waals surface area contributed by atoms with E-state index in [0.29, 0.717) is 0 Å². The molecule has 0 amide bonds. The summed E-state index contributed by atoms with van der Waals surface area (Å²) in [5, 5.41) is 9.15. The quantitative estimate of drug-likeness (QED) is 0.626. The molecule has 2 atom stereocenters. The van der Waals surface area contributed by atoms with Crippen LogP contribution in [0.2, 0.25) is 0 Å². The fourth-order valence-electron chi connectivity index (χ4n) is 1.80. The number of methoxy groups -OCH3 is 1. The molecule has 90 valence electrons. The fourth-order valence-corrected chi connectivity index (χ4v) is 1.80. The Balaban J connectivity index is 2.19. The van der Waals surface area contributed by atoms with Gasteiger partial charge < -0.3 is 14.6 Å². The van der Waals surface area contributed by atoms with Crippen molar-refractivity contribution in [2.45, 2.75) is 18.1 Å². The van der Waals surface area contributed by atoms with Gasteiger partial charge >= 0.3 is 11.9 Å². The van der Waals surface area contributed by atoms with E-state index in [4.69, 9.17) is 9.84 Å². The number of carboxylic acid groups (broad SMARTS) is 1. The van der Waals surface area contributed by atoms with Crippen LogP contribution in [0.3, 0.4) is 0 Å². The number of carboxylic acids is 1. The molecule has 0 radical (unpaired) electrons. The van der Waals surface area contributed by atoms with Gasteiger partial charge in [-0.15, -0.1) is 0 Å². The number of carbonyl (C=O) groups is 2. The predicted octanol–water partition coefficient (Wildman–Crippen LogP) is 1.14. The normalized spacial score (nSPS) is 26.3. The summed E-state index contributed by atoms with van der Waals surface area (Å²) >= 11 is 0. The molecule has 5 nitrogen and oxygen atoms in total. The van der Waals surface area contributed by atoms with Gasteiger partial charge in [-0.25, -0.2) is 4.79 Å². The molecule has 1 aromatic rings. The number of ether oxygens (including phenoxy) is 2. The average molecular weight is 236 g/mol. The van der Waals surface area contributed by atoms with Gasteiger partial charge in [0.05, 0.1) is 13.5 Å². The zero-order valence-corrected chi connectivity index (χ0v) is 9.25. The van der Waals surface area contributed by atoms with Gasteiger partial charge in [-0.2, -0.15) is 0 Å². The van der Waals surface area contributed by atoms with Crippen LogP contribution in [-0.2, 0) is 19.1 Å². The minimum atomic E-state index is -1.46. The number of epoxide rings is 1. The predicted molar refractivity (Wildman–Crippen MR) is 57.3 cm³/mol. The van der Waals surface area contributed by atoms with Gasteiger partial charge in [0.2, 0.25) is 5.60 Å². The van der Waals surface area contributed by atoms with Gasteiger partial charge in [0.25, 0.3) is 0 Å². The lowest BCUT2D eigenvalue weighted by molar-refractivity contribution is -0.151. The highest BCUT2D eigenvalue weighted by atomic mass is 16.6. The van der Waals surface area contributed by atoms with Crippen LogP contribution in [0.5, 0.6) is 0 Å². The van der Waals surface area contributed by atoms with Gasteiger partial charge in [0, 0.05) is 0 Å². The molecule has 2 unspecified atom stereocenters. The van der Waals surface area contributed by atoms with Crippen molar-refractivity contribution in [1.29, 1.82) is 0 Å². The van der Waals surface area contributed by atoms with Gasteiger partial charge in [-0.1, -0.05) is 30.3 Å². The molecule has 1 N–H and O–H groups in total.